The summed E-state index contributed by atoms with van der Waals surface area (Å²) in [6, 6.07) is 2.48. The van der Waals surface area contributed by atoms with E-state index < -0.39 is 11.9 Å². The molecule has 1 aromatic carbocycles. The van der Waals surface area contributed by atoms with E-state index in [0.29, 0.717) is 17.5 Å². The van der Waals surface area contributed by atoms with Gasteiger partial charge in [0.2, 0.25) is 11.8 Å². The zero-order chi connectivity index (χ0) is 22.4. The molecule has 2 aromatic rings. The maximum Gasteiger partial charge on any atom is 0.255 e. The minimum Gasteiger partial charge on any atom is -0.322 e. The minimum atomic E-state index is -0.683. The predicted molar refractivity (Wildman–Crippen MR) is 117 cm³/mol. The number of likely N-dealkylation sites (tertiary alicyclic amines) is 1. The molecule has 3 aliphatic heterocycles. The maximum atomic E-state index is 15.0. The van der Waals surface area contributed by atoms with Gasteiger partial charge < -0.3 is 4.90 Å². The zero-order valence-electron chi connectivity index (χ0n) is 17.9. The van der Waals surface area contributed by atoms with Crippen LogP contribution in [-0.4, -0.2) is 51.6 Å². The number of benzene rings is 1. The molecule has 0 aliphatic carbocycles. The summed E-state index contributed by atoms with van der Waals surface area (Å²) < 4.78 is 15.0. The Morgan fingerprint density at radius 2 is 1.97 bits per heavy atom. The number of hydrogen-bond acceptors (Lipinski definition) is 6. The normalized spacial score (nSPS) is 22.4. The molecule has 1 aromatic heterocycles. The molecule has 4 heterocycles. The molecule has 1 unspecified atom stereocenters. The van der Waals surface area contributed by atoms with Crippen molar-refractivity contribution in [2.45, 2.75) is 57.7 Å². The molecule has 0 saturated carbocycles. The molecule has 5 rings (SSSR count). The van der Waals surface area contributed by atoms with Gasteiger partial charge in [-0.05, 0) is 62.4 Å². The van der Waals surface area contributed by atoms with Crippen molar-refractivity contribution in [2.24, 2.45) is 0 Å². The standard InChI is InChI=1S/C23H25FN4O3S/c1-13-20(32-12-25-13)11-27-6-4-14(5-7-27)16-8-15-10-28(23(31)17(15)9-18(16)24)19-2-3-21(29)26-22(19)30/h8-9,12,14,19H,2-7,10-11H2,1H3,(H,26,29,30). The molecular weight excluding hydrogens is 431 g/mol. The van der Waals surface area contributed by atoms with E-state index >= 15 is 4.39 Å². The van der Waals surface area contributed by atoms with Crippen molar-refractivity contribution >= 4 is 29.1 Å². The lowest BCUT2D eigenvalue weighted by molar-refractivity contribution is -0.136. The summed E-state index contributed by atoms with van der Waals surface area (Å²) in [5.41, 5.74) is 4.70. The van der Waals surface area contributed by atoms with Crippen LogP contribution in [0.15, 0.2) is 17.6 Å². The van der Waals surface area contributed by atoms with Crippen LogP contribution in [0.3, 0.4) is 0 Å². The summed E-state index contributed by atoms with van der Waals surface area (Å²) in [5.74, 6) is -1.35. The minimum absolute atomic E-state index is 0.110. The van der Waals surface area contributed by atoms with E-state index in [1.54, 1.807) is 11.3 Å². The number of aromatic nitrogens is 1. The number of rotatable bonds is 4. The van der Waals surface area contributed by atoms with Crippen molar-refractivity contribution < 1.29 is 18.8 Å². The van der Waals surface area contributed by atoms with Crippen molar-refractivity contribution in [1.82, 2.24) is 20.1 Å². The number of imide groups is 1. The number of thiazole rings is 1. The Kier molecular flexibility index (Phi) is 5.54. The van der Waals surface area contributed by atoms with E-state index in [1.165, 1.54) is 15.8 Å². The Balaban J connectivity index is 1.28. The first-order chi connectivity index (χ1) is 15.4. The van der Waals surface area contributed by atoms with E-state index in [9.17, 15) is 14.4 Å². The molecule has 168 valence electrons. The second kappa shape index (κ2) is 8.37. The van der Waals surface area contributed by atoms with Gasteiger partial charge in [0.15, 0.2) is 0 Å². The second-order valence-electron chi connectivity index (χ2n) is 8.84. The van der Waals surface area contributed by atoms with E-state index in [1.807, 2.05) is 18.5 Å². The highest BCUT2D eigenvalue weighted by Gasteiger charge is 2.40. The summed E-state index contributed by atoms with van der Waals surface area (Å²) in [4.78, 5) is 46.0. The van der Waals surface area contributed by atoms with Crippen LogP contribution in [0, 0.1) is 12.7 Å². The topological polar surface area (TPSA) is 82.6 Å². The van der Waals surface area contributed by atoms with Crippen LogP contribution >= 0.6 is 11.3 Å². The summed E-state index contributed by atoms with van der Waals surface area (Å²) >= 11 is 1.67. The lowest BCUT2D eigenvalue weighted by atomic mass is 9.87. The molecule has 0 spiro atoms. The maximum absolute atomic E-state index is 15.0. The molecule has 9 heteroatoms. The predicted octanol–water partition coefficient (Wildman–Crippen LogP) is 2.73. The van der Waals surface area contributed by atoms with Crippen LogP contribution in [-0.2, 0) is 22.7 Å². The van der Waals surface area contributed by atoms with Gasteiger partial charge in [-0.15, -0.1) is 11.3 Å². The lowest BCUT2D eigenvalue weighted by Gasteiger charge is -2.32. The third-order valence-electron chi connectivity index (χ3n) is 6.88. The van der Waals surface area contributed by atoms with Gasteiger partial charge >= 0.3 is 0 Å². The third kappa shape index (κ3) is 3.84. The fourth-order valence-electron chi connectivity index (χ4n) is 5.00. The Labute approximate surface area is 189 Å². The van der Waals surface area contributed by atoms with E-state index in [0.717, 1.165) is 43.7 Å². The van der Waals surface area contributed by atoms with Crippen molar-refractivity contribution in [3.63, 3.8) is 0 Å². The van der Waals surface area contributed by atoms with Gasteiger partial charge in [-0.2, -0.15) is 0 Å². The largest absolute Gasteiger partial charge is 0.322 e. The molecule has 1 N–H and O–H groups in total. The zero-order valence-corrected chi connectivity index (χ0v) is 18.7. The Bertz CT molecular complexity index is 1090. The first kappa shape index (κ1) is 21.2. The molecule has 0 radical (unpaired) electrons. The number of carbonyl (C=O) groups is 3. The molecule has 0 bridgehead atoms. The number of aryl methyl sites for hydroxylation is 1. The molecule has 3 aliphatic rings. The summed E-state index contributed by atoms with van der Waals surface area (Å²) in [6.07, 6.45) is 2.23. The van der Waals surface area contributed by atoms with Crippen LogP contribution in [0.1, 0.15) is 63.7 Å². The molecule has 32 heavy (non-hydrogen) atoms. The monoisotopic (exact) mass is 456 g/mol. The van der Waals surface area contributed by atoms with Gasteiger partial charge in [0.1, 0.15) is 11.9 Å². The number of amides is 3. The lowest BCUT2D eigenvalue weighted by Crippen LogP contribution is -2.52. The van der Waals surface area contributed by atoms with Gasteiger partial charge in [0.05, 0.1) is 11.2 Å². The second-order valence-corrected chi connectivity index (χ2v) is 9.78. The summed E-state index contributed by atoms with van der Waals surface area (Å²) in [6.45, 7) is 4.96. The SMILES string of the molecule is Cc1ncsc1CN1CCC(c2cc3c(cc2F)C(=O)N(C2CCC(=O)NC2=O)C3)CC1. The molecule has 7 nitrogen and oxygen atoms in total. The molecule has 3 amide bonds. The molecule has 1 atom stereocenters. The van der Waals surface area contributed by atoms with Crippen molar-refractivity contribution in [3.05, 3.63) is 50.7 Å². The molecule has 2 fully saturated rings. The Morgan fingerprint density at radius 3 is 2.66 bits per heavy atom. The smallest absolute Gasteiger partial charge is 0.255 e. The van der Waals surface area contributed by atoms with Crippen molar-refractivity contribution in [3.8, 4) is 0 Å². The fraction of sp³-hybridized carbons (Fsp3) is 0.478. The number of fused-ring (bicyclic) bond motifs is 1. The van der Waals surface area contributed by atoms with E-state index in [2.05, 4.69) is 15.2 Å². The van der Waals surface area contributed by atoms with Gasteiger partial charge in [-0.3, -0.25) is 24.6 Å². The summed E-state index contributed by atoms with van der Waals surface area (Å²) in [7, 11) is 0. The van der Waals surface area contributed by atoms with Crippen LogP contribution in [0.5, 0.6) is 0 Å². The van der Waals surface area contributed by atoms with Gasteiger partial charge in [-0.1, -0.05) is 6.07 Å². The van der Waals surface area contributed by atoms with E-state index in [4.69, 9.17) is 0 Å². The first-order valence-corrected chi connectivity index (χ1v) is 11.9. The molecular formula is C23H25FN4O3S. The summed E-state index contributed by atoms with van der Waals surface area (Å²) in [5, 5.41) is 2.30. The number of halogens is 1. The van der Waals surface area contributed by atoms with Crippen LogP contribution < -0.4 is 5.32 Å². The van der Waals surface area contributed by atoms with Gasteiger partial charge in [0.25, 0.3) is 5.91 Å². The Morgan fingerprint density at radius 1 is 1.19 bits per heavy atom. The highest BCUT2D eigenvalue weighted by Crippen LogP contribution is 2.35. The highest BCUT2D eigenvalue weighted by atomic mass is 32.1. The third-order valence-corrected chi connectivity index (χ3v) is 7.80. The van der Waals surface area contributed by atoms with Crippen LogP contribution in [0.2, 0.25) is 0 Å². The van der Waals surface area contributed by atoms with Crippen LogP contribution in [0.4, 0.5) is 4.39 Å². The number of carbonyl (C=O) groups excluding carboxylic acids is 3. The first-order valence-electron chi connectivity index (χ1n) is 11.0. The van der Waals surface area contributed by atoms with Gasteiger partial charge in [-0.25, -0.2) is 9.37 Å². The van der Waals surface area contributed by atoms with E-state index in [-0.39, 0.29) is 36.5 Å². The van der Waals surface area contributed by atoms with Crippen LogP contribution in [0.25, 0.3) is 0 Å². The number of piperidine rings is 2. The van der Waals surface area contributed by atoms with Crippen molar-refractivity contribution in [1.29, 1.82) is 0 Å². The molecule has 2 saturated heterocycles. The average Bonchev–Trinajstić information content (AvgIpc) is 3.31. The quantitative estimate of drug-likeness (QED) is 0.716. The van der Waals surface area contributed by atoms with Gasteiger partial charge in [0, 0.05) is 30.0 Å². The highest BCUT2D eigenvalue weighted by molar-refractivity contribution is 7.09. The average molecular weight is 457 g/mol. The fourth-order valence-corrected chi connectivity index (χ4v) is 5.82. The van der Waals surface area contributed by atoms with Crippen molar-refractivity contribution in [2.75, 3.05) is 13.1 Å². The number of nitrogens with zero attached hydrogens (tertiary/aromatic N) is 3. The Hall–Kier alpha value is -2.65. The number of nitrogens with one attached hydrogen (secondary N) is 1. The number of hydrogen-bond donors (Lipinski definition) is 1.